The molecule has 1 rings (SSSR count). The van der Waals surface area contributed by atoms with Gasteiger partial charge in [0.25, 0.3) is 0 Å². The molecule has 0 unspecified atom stereocenters. The molecule has 1 aliphatic rings. The van der Waals surface area contributed by atoms with Crippen LogP contribution in [0.1, 0.15) is 33.6 Å². The minimum atomic E-state index is -0.124. The zero-order valence-electron chi connectivity index (χ0n) is 12.6. The fraction of sp³-hybridized carbons (Fsp3) is 0.923. The van der Waals surface area contributed by atoms with Gasteiger partial charge in [-0.2, -0.15) is 0 Å². The number of nitrogens with zero attached hydrogens (tertiary/aromatic N) is 5. The van der Waals surface area contributed by atoms with Crippen molar-refractivity contribution in [2.75, 3.05) is 37.8 Å². The molecule has 0 aromatic carbocycles. The van der Waals surface area contributed by atoms with Crippen LogP contribution in [0.4, 0.5) is 0 Å². The number of alkyl halides is 1. The predicted molar refractivity (Wildman–Crippen MR) is 76.0 cm³/mol. The van der Waals surface area contributed by atoms with Gasteiger partial charge in [-0.1, -0.05) is 0 Å². The minimum absolute atomic E-state index is 0.124. The fourth-order valence-corrected chi connectivity index (χ4v) is 3.95. The van der Waals surface area contributed by atoms with Gasteiger partial charge >= 0.3 is 128 Å². The molecule has 0 aliphatic carbocycles. The molecule has 1 heterocycles. The molecule has 0 saturated carbocycles. The molecule has 0 amide bonds. The first kappa shape index (κ1) is 16.8. The van der Waals surface area contributed by atoms with Crippen LogP contribution in [-0.4, -0.2) is 51.6 Å². The van der Waals surface area contributed by atoms with Crippen LogP contribution in [0.3, 0.4) is 0 Å². The summed E-state index contributed by atoms with van der Waals surface area (Å²) in [6.07, 6.45) is 2.11. The average Bonchev–Trinajstić information content (AvgIpc) is 2.41. The number of hydrogen-bond acceptors (Lipinski definition) is 5. The van der Waals surface area contributed by atoms with E-state index < -0.39 is 0 Å². The molecule has 0 atom stereocenters. The topological polar surface area (TPSA) is 43.6 Å². The molecule has 6 heteroatoms. The number of halogens is 1. The summed E-state index contributed by atoms with van der Waals surface area (Å²) in [5, 5.41) is 8.60. The van der Waals surface area contributed by atoms with E-state index in [9.17, 15) is 0 Å². The Morgan fingerprint density at radius 1 is 1.42 bits per heavy atom. The van der Waals surface area contributed by atoms with Crippen LogP contribution < -0.4 is 21.5 Å². The van der Waals surface area contributed by atoms with Crippen LogP contribution in [0.5, 0.6) is 0 Å². The van der Waals surface area contributed by atoms with Crippen molar-refractivity contribution in [2.24, 2.45) is 21.2 Å². The molecule has 112 valence electrons. The third-order valence-corrected chi connectivity index (χ3v) is 4.92. The van der Waals surface area contributed by atoms with Crippen molar-refractivity contribution in [1.82, 2.24) is 8.12 Å². The monoisotopic (exact) mass is 380 g/mol. The summed E-state index contributed by atoms with van der Waals surface area (Å²) in [6.45, 7) is 10.7. The second kappa shape index (κ2) is 9.63. The summed E-state index contributed by atoms with van der Waals surface area (Å²) in [5.41, 5.74) is 1.22. The molecule has 1 aliphatic heterocycles. The molecule has 0 spiro atoms. The van der Waals surface area contributed by atoms with Gasteiger partial charge in [-0.15, -0.1) is 0 Å². The first-order valence-electron chi connectivity index (χ1n) is 7.00. The Labute approximate surface area is 128 Å². The maximum atomic E-state index is 4.57. The van der Waals surface area contributed by atoms with Crippen molar-refractivity contribution in [3.8, 4) is 0 Å². The third kappa shape index (κ3) is 8.52. The van der Waals surface area contributed by atoms with E-state index in [1.807, 2.05) is 0 Å². The van der Waals surface area contributed by atoms with Crippen molar-refractivity contribution in [3.63, 3.8) is 0 Å². The quantitative estimate of drug-likeness (QED) is 0.269. The van der Waals surface area contributed by atoms with Gasteiger partial charge in [0.2, 0.25) is 0 Å². The number of hydrogen-bond donors (Lipinski definition) is 0. The Morgan fingerprint density at radius 3 is 2.95 bits per heavy atom. The zero-order valence-corrected chi connectivity index (χ0v) is 14.8. The summed E-state index contributed by atoms with van der Waals surface area (Å²) in [5.74, 6) is 0.736. The van der Waals surface area contributed by atoms with E-state index in [2.05, 4.69) is 51.3 Å². The van der Waals surface area contributed by atoms with Gasteiger partial charge in [0, 0.05) is 0 Å². The van der Waals surface area contributed by atoms with E-state index >= 15 is 0 Å². The van der Waals surface area contributed by atoms with Crippen molar-refractivity contribution < 1.29 is 21.5 Å². The van der Waals surface area contributed by atoms with Gasteiger partial charge < -0.3 is 0 Å². The first-order chi connectivity index (χ1) is 9.08. The van der Waals surface area contributed by atoms with Crippen LogP contribution >= 0.6 is 0 Å². The van der Waals surface area contributed by atoms with E-state index in [0.29, 0.717) is 0 Å². The van der Waals surface area contributed by atoms with E-state index in [-0.39, 0.29) is 21.5 Å². The number of rotatable bonds is 6. The summed E-state index contributed by atoms with van der Waals surface area (Å²) >= 11 is -0.124. The molecular formula is C13H27IN5-. The van der Waals surface area contributed by atoms with Crippen molar-refractivity contribution in [1.29, 1.82) is 0 Å². The van der Waals surface area contributed by atoms with Gasteiger partial charge in [0.1, 0.15) is 0 Å². The molecule has 0 radical (unpaired) electrons. The van der Waals surface area contributed by atoms with E-state index in [1.54, 1.807) is 0 Å². The Balaban J connectivity index is 2.25. The first-order valence-corrected chi connectivity index (χ1v) is 9.50. The molecule has 0 saturated heterocycles. The normalized spacial score (nSPS) is 17.8. The zero-order chi connectivity index (χ0) is 14.1. The molecule has 0 bridgehead atoms. The maximum absolute atomic E-state index is 4.57. The summed E-state index contributed by atoms with van der Waals surface area (Å²) in [7, 11) is 2.20. The van der Waals surface area contributed by atoms with E-state index in [1.165, 1.54) is 12.3 Å². The van der Waals surface area contributed by atoms with Crippen molar-refractivity contribution >= 4 is 5.71 Å². The second-order valence-electron chi connectivity index (χ2n) is 5.41. The summed E-state index contributed by atoms with van der Waals surface area (Å²) < 4.78 is 3.12. The second-order valence-corrected chi connectivity index (χ2v) is 7.88. The molecule has 19 heavy (non-hydrogen) atoms. The Morgan fingerprint density at radius 2 is 2.21 bits per heavy atom. The van der Waals surface area contributed by atoms with Crippen molar-refractivity contribution in [3.05, 3.63) is 0 Å². The SMILES string of the molecule is CC1=NC[I-]N(CCCN(C)CC(C)C)N=NCC1. The fourth-order valence-electron chi connectivity index (χ4n) is 1.91. The van der Waals surface area contributed by atoms with Crippen LogP contribution in [0.15, 0.2) is 15.3 Å². The van der Waals surface area contributed by atoms with Crippen LogP contribution in [0, 0.1) is 5.92 Å². The summed E-state index contributed by atoms with van der Waals surface area (Å²) in [6, 6.07) is 0. The molecule has 0 fully saturated rings. The van der Waals surface area contributed by atoms with E-state index in [0.717, 1.165) is 42.9 Å². The van der Waals surface area contributed by atoms with Gasteiger partial charge in [0.05, 0.1) is 0 Å². The van der Waals surface area contributed by atoms with Crippen LogP contribution in [0.2, 0.25) is 0 Å². The van der Waals surface area contributed by atoms with E-state index in [4.69, 9.17) is 0 Å². The molecule has 0 aromatic rings. The third-order valence-electron chi connectivity index (χ3n) is 2.81. The molecule has 5 nitrogen and oxygen atoms in total. The van der Waals surface area contributed by atoms with Crippen molar-refractivity contribution in [2.45, 2.75) is 33.6 Å². The summed E-state index contributed by atoms with van der Waals surface area (Å²) in [4.78, 5) is 6.97. The Hall–Kier alpha value is -0.240. The van der Waals surface area contributed by atoms with Crippen LogP contribution in [-0.2, 0) is 0 Å². The van der Waals surface area contributed by atoms with Gasteiger partial charge in [0.15, 0.2) is 0 Å². The Bertz CT molecular complexity index is 303. The molecular weight excluding hydrogens is 353 g/mol. The van der Waals surface area contributed by atoms with Crippen LogP contribution in [0.25, 0.3) is 0 Å². The predicted octanol–water partition coefficient (Wildman–Crippen LogP) is -0.540. The Kier molecular flexibility index (Phi) is 8.52. The number of aliphatic imine (C=N–C) groups is 1. The molecule has 0 N–H and O–H groups in total. The average molecular weight is 380 g/mol. The van der Waals surface area contributed by atoms with Gasteiger partial charge in [-0.3, -0.25) is 0 Å². The van der Waals surface area contributed by atoms with Gasteiger partial charge in [-0.25, -0.2) is 0 Å². The standard InChI is InChI=1S/C13H27IN5/c1-12(2)10-18(4)8-5-9-19-14-11-15-13(3)6-7-16-17-19/h12H,5-11H2,1-4H3/q-1. The molecule has 0 aromatic heterocycles. The van der Waals surface area contributed by atoms with Gasteiger partial charge in [-0.05, 0) is 0 Å².